The van der Waals surface area contributed by atoms with Crippen LogP contribution in [0.15, 0.2) is 102 Å². The number of aromatic amines is 3. The molecule has 1 fully saturated rings. The molecule has 21 nitrogen and oxygen atoms in total. The van der Waals surface area contributed by atoms with Crippen molar-refractivity contribution in [3.63, 3.8) is 0 Å². The van der Waals surface area contributed by atoms with Crippen LogP contribution in [0.4, 0.5) is 0 Å². The molecule has 6 N–H and O–H groups in total. The van der Waals surface area contributed by atoms with E-state index in [0.29, 0.717) is 18.5 Å². The molecule has 0 aliphatic heterocycles. The molecule has 63 heavy (non-hydrogen) atoms. The van der Waals surface area contributed by atoms with E-state index in [1.807, 2.05) is 9.97 Å². The second kappa shape index (κ2) is 20.9. The van der Waals surface area contributed by atoms with Gasteiger partial charge in [-0.05, 0) is 79.0 Å². The molecule has 0 spiro atoms. The van der Waals surface area contributed by atoms with Gasteiger partial charge in [-0.15, -0.1) is 0 Å². The molecule has 0 radical (unpaired) electrons. The highest BCUT2D eigenvalue weighted by atomic mass is 35.5. The van der Waals surface area contributed by atoms with Crippen LogP contribution < -0.4 is 39.1 Å². The smallest absolute Gasteiger partial charge is 0.349 e. The van der Waals surface area contributed by atoms with E-state index in [4.69, 9.17) is 51.5 Å². The lowest BCUT2D eigenvalue weighted by Gasteiger charge is -2.26. The Balaban J connectivity index is 0.000000184. The zero-order valence-electron chi connectivity index (χ0n) is 32.1. The average molecular weight is 947 g/mol. The van der Waals surface area contributed by atoms with E-state index in [1.54, 1.807) is 0 Å². The summed E-state index contributed by atoms with van der Waals surface area (Å²) < 4.78 is 2.75. The van der Waals surface area contributed by atoms with Gasteiger partial charge in [0.05, 0.1) is 54.4 Å². The number of nitrogens with zero attached hydrogens (tertiary/aromatic N) is 6. The monoisotopic (exact) mass is 944 g/mol. The van der Waals surface area contributed by atoms with Crippen molar-refractivity contribution in [2.24, 2.45) is 0 Å². The number of aromatic nitrogens is 9. The fourth-order valence-electron chi connectivity index (χ4n) is 5.94. The number of carbonyl (C=O) groups excluding carboxylic acids is 2. The average Bonchev–Trinajstić information content (AvgIpc) is 3.45. The van der Waals surface area contributed by atoms with Crippen molar-refractivity contribution >= 4 is 63.5 Å². The Morgan fingerprint density at radius 1 is 0.603 bits per heavy atom. The van der Waals surface area contributed by atoms with E-state index in [9.17, 15) is 48.3 Å². The van der Waals surface area contributed by atoms with Crippen LogP contribution in [-0.4, -0.2) is 83.8 Å². The molecule has 1 aliphatic rings. The van der Waals surface area contributed by atoms with Crippen LogP contribution in [-0.2, 0) is 0 Å². The standard InChI is InChI=1S/C18H21ClN4O4.C10H5Cl2N3O3.C10H6ClN3O4/c19-14-6-5-12(23-17(26)22-15(24)10-21-23)9-13(14)16(25)20-11-18(27)7-3-1-2-4-8-18;11-7-2-1-5(3-6(7)9(12)17)15-10(18)14-8(16)4-13-15;11-7-2-1-5(3-6(7)9(16)17)14-10(18)13-8(15)4-12-14/h5-6,9-10,27H,1-4,7-8,11H2,(H,20,25)(H,22,24,26);1-4H,(H,14,16,18);1-4H,(H,16,17)(H,13,15,18). The summed E-state index contributed by atoms with van der Waals surface area (Å²) in [6.45, 7) is 0.142. The van der Waals surface area contributed by atoms with Crippen molar-refractivity contribution in [2.75, 3.05) is 6.54 Å². The summed E-state index contributed by atoms with van der Waals surface area (Å²) >= 11 is 23.0. The SMILES string of the molecule is O=C(Cl)c1cc(-n2ncc(=O)[nH]c2=O)ccc1Cl.O=C(NCC1(O)CCCCCC1)c1cc(-n2ncc(=O)[nH]c2=O)ccc1Cl.O=C(O)c1cc(-n2ncc(=O)[nH]c2=O)ccc1Cl. The van der Waals surface area contributed by atoms with Gasteiger partial charge in [0.25, 0.3) is 27.8 Å². The molecular weight excluding hydrogens is 914 g/mol. The van der Waals surface area contributed by atoms with Gasteiger partial charge in [-0.3, -0.25) is 38.9 Å². The minimum absolute atomic E-state index is 0.0451. The molecule has 6 aromatic rings. The van der Waals surface area contributed by atoms with E-state index in [1.165, 1.54) is 54.6 Å². The van der Waals surface area contributed by atoms with E-state index in [0.717, 1.165) is 58.3 Å². The normalized spacial score (nSPS) is 13.0. The summed E-state index contributed by atoms with van der Waals surface area (Å²) in [4.78, 5) is 108. The maximum Gasteiger partial charge on any atom is 0.349 e. The van der Waals surface area contributed by atoms with Crippen LogP contribution >= 0.6 is 46.4 Å². The predicted molar refractivity (Wildman–Crippen MR) is 229 cm³/mol. The largest absolute Gasteiger partial charge is 0.478 e. The van der Waals surface area contributed by atoms with E-state index < -0.39 is 56.5 Å². The van der Waals surface area contributed by atoms with Crippen LogP contribution in [0.5, 0.6) is 0 Å². The van der Waals surface area contributed by atoms with E-state index in [-0.39, 0.29) is 49.7 Å². The fraction of sp³-hybridized carbons (Fsp3) is 0.211. The molecule has 7 rings (SSSR count). The lowest BCUT2D eigenvalue weighted by molar-refractivity contribution is 0.0246. The number of aliphatic hydroxyl groups is 1. The summed E-state index contributed by atoms with van der Waals surface area (Å²) in [6, 6.07) is 12.5. The zero-order chi connectivity index (χ0) is 46.0. The van der Waals surface area contributed by atoms with Gasteiger partial charge in [-0.2, -0.15) is 29.3 Å². The number of carbonyl (C=O) groups is 3. The number of nitrogens with one attached hydrogen (secondary N) is 4. The Morgan fingerprint density at radius 2 is 0.968 bits per heavy atom. The van der Waals surface area contributed by atoms with Gasteiger partial charge in [-0.1, -0.05) is 60.5 Å². The first-order valence-corrected chi connectivity index (χ1v) is 19.8. The number of halogens is 4. The Hall–Kier alpha value is -6.78. The van der Waals surface area contributed by atoms with Crippen LogP contribution in [0.2, 0.25) is 15.1 Å². The number of carboxylic acids is 1. The van der Waals surface area contributed by atoms with Crippen LogP contribution in [0.25, 0.3) is 17.1 Å². The lowest BCUT2D eigenvalue weighted by atomic mass is 9.94. The third kappa shape index (κ3) is 12.4. The van der Waals surface area contributed by atoms with Gasteiger partial charge < -0.3 is 15.5 Å². The third-order valence-electron chi connectivity index (χ3n) is 9.02. The van der Waals surface area contributed by atoms with Crippen molar-refractivity contribution in [1.29, 1.82) is 0 Å². The highest BCUT2D eigenvalue weighted by molar-refractivity contribution is 6.68. The molecule has 0 bridgehead atoms. The van der Waals surface area contributed by atoms with E-state index >= 15 is 0 Å². The molecule has 328 valence electrons. The molecule has 0 unspecified atom stereocenters. The van der Waals surface area contributed by atoms with Gasteiger partial charge in [0.1, 0.15) is 18.6 Å². The minimum atomic E-state index is -1.22. The maximum atomic E-state index is 12.6. The number of amides is 1. The van der Waals surface area contributed by atoms with Crippen LogP contribution in [0.1, 0.15) is 69.6 Å². The van der Waals surface area contributed by atoms with Crippen molar-refractivity contribution in [3.8, 4) is 17.1 Å². The van der Waals surface area contributed by atoms with Crippen LogP contribution in [0, 0.1) is 0 Å². The minimum Gasteiger partial charge on any atom is -0.478 e. The van der Waals surface area contributed by atoms with Gasteiger partial charge in [0.2, 0.25) is 0 Å². The summed E-state index contributed by atoms with van der Waals surface area (Å²) in [5.74, 6) is -1.67. The molecule has 1 amide bonds. The number of rotatable bonds is 8. The summed E-state index contributed by atoms with van der Waals surface area (Å²) in [5.41, 5.74) is -4.17. The Kier molecular flexibility index (Phi) is 15.7. The first-order chi connectivity index (χ1) is 29.8. The number of benzene rings is 3. The fourth-order valence-corrected chi connectivity index (χ4v) is 6.75. The lowest BCUT2D eigenvalue weighted by Crippen LogP contribution is -2.42. The third-order valence-corrected chi connectivity index (χ3v) is 10.2. The maximum absolute atomic E-state index is 12.6. The Bertz CT molecular complexity index is 2930. The van der Waals surface area contributed by atoms with Crippen LogP contribution in [0.3, 0.4) is 0 Å². The number of hydrogen-bond acceptors (Lipinski definition) is 13. The molecular formula is C38H32Cl4N10O11. The first kappa shape index (κ1) is 47.3. The molecule has 0 saturated heterocycles. The van der Waals surface area contributed by atoms with E-state index in [2.05, 4.69) is 25.6 Å². The molecule has 0 atom stereocenters. The molecule has 3 aromatic heterocycles. The van der Waals surface area contributed by atoms with Crippen molar-refractivity contribution in [3.05, 3.63) is 167 Å². The number of H-pyrrole nitrogens is 3. The molecule has 3 aromatic carbocycles. The number of aromatic carboxylic acids is 1. The molecule has 25 heteroatoms. The number of carboxylic acid groups (broad SMARTS) is 1. The predicted octanol–water partition coefficient (Wildman–Crippen LogP) is 2.61. The van der Waals surface area contributed by atoms with Gasteiger partial charge in [0.15, 0.2) is 0 Å². The highest BCUT2D eigenvalue weighted by Gasteiger charge is 2.29. The summed E-state index contributed by atoms with van der Waals surface area (Å²) in [5, 5.41) is 33.0. The zero-order valence-corrected chi connectivity index (χ0v) is 35.2. The molecule has 3 heterocycles. The van der Waals surface area contributed by atoms with Crippen molar-refractivity contribution < 1.29 is 24.6 Å². The summed E-state index contributed by atoms with van der Waals surface area (Å²) in [6.07, 6.45) is 8.17. The number of hydrogen-bond donors (Lipinski definition) is 6. The topological polar surface area (TPSA) is 307 Å². The second-order valence-corrected chi connectivity index (χ2v) is 15.0. The Morgan fingerprint density at radius 3 is 1.35 bits per heavy atom. The highest BCUT2D eigenvalue weighted by Crippen LogP contribution is 2.27. The molecule has 1 aliphatic carbocycles. The summed E-state index contributed by atoms with van der Waals surface area (Å²) in [7, 11) is 0. The van der Waals surface area contributed by atoms with Gasteiger partial charge in [0, 0.05) is 6.54 Å². The van der Waals surface area contributed by atoms with Crippen molar-refractivity contribution in [2.45, 2.75) is 44.1 Å². The van der Waals surface area contributed by atoms with Crippen molar-refractivity contribution in [1.82, 2.24) is 49.6 Å². The molecule has 1 saturated carbocycles. The quantitative estimate of drug-likeness (QED) is 0.0945. The Labute approximate surface area is 371 Å². The second-order valence-electron chi connectivity index (χ2n) is 13.4. The first-order valence-electron chi connectivity index (χ1n) is 18.3. The van der Waals surface area contributed by atoms with Gasteiger partial charge in [-0.25, -0.2) is 19.2 Å². The van der Waals surface area contributed by atoms with Gasteiger partial charge >= 0.3 is 23.0 Å².